The Kier molecular flexibility index (Phi) is 3.57. The molecule has 3 rings (SSSR count). The topological polar surface area (TPSA) is 29.5 Å². The van der Waals surface area contributed by atoms with Crippen LogP contribution in [0.4, 0.5) is 0 Å². The van der Waals surface area contributed by atoms with Gasteiger partial charge in [-0.05, 0) is 42.7 Å². The van der Waals surface area contributed by atoms with E-state index >= 15 is 0 Å². The molecule has 0 saturated heterocycles. The molecule has 0 bridgehead atoms. The second-order valence-corrected chi connectivity index (χ2v) is 6.24. The van der Waals surface area contributed by atoms with Gasteiger partial charge in [-0.3, -0.25) is 0 Å². The van der Waals surface area contributed by atoms with Crippen molar-refractivity contribution in [3.8, 4) is 5.75 Å². The van der Waals surface area contributed by atoms with Crippen molar-refractivity contribution in [3.05, 3.63) is 63.1 Å². The Hall–Kier alpha value is -1.32. The third-order valence-corrected chi connectivity index (χ3v) is 4.53. The van der Waals surface area contributed by atoms with Gasteiger partial charge in [-0.2, -0.15) is 0 Å². The van der Waals surface area contributed by atoms with E-state index in [1.165, 1.54) is 11.1 Å². The fourth-order valence-corrected chi connectivity index (χ4v) is 3.07. The summed E-state index contributed by atoms with van der Waals surface area (Å²) < 4.78 is 7.08. The van der Waals surface area contributed by atoms with Crippen molar-refractivity contribution in [1.29, 1.82) is 0 Å². The summed E-state index contributed by atoms with van der Waals surface area (Å²) >= 11 is 3.45. The van der Waals surface area contributed by atoms with Crippen LogP contribution in [0, 0.1) is 13.8 Å². The first-order valence-electron chi connectivity index (χ1n) is 6.76. The van der Waals surface area contributed by atoms with Gasteiger partial charge < -0.3 is 9.84 Å². The first-order chi connectivity index (χ1) is 9.56. The lowest BCUT2D eigenvalue weighted by atomic mass is 9.91. The highest BCUT2D eigenvalue weighted by molar-refractivity contribution is 9.10. The van der Waals surface area contributed by atoms with E-state index in [0.717, 1.165) is 21.3 Å². The van der Waals surface area contributed by atoms with Gasteiger partial charge in [-0.25, -0.2) is 0 Å². The molecule has 2 aromatic rings. The zero-order valence-electron chi connectivity index (χ0n) is 11.6. The lowest BCUT2D eigenvalue weighted by molar-refractivity contribution is 0.0653. The summed E-state index contributed by atoms with van der Waals surface area (Å²) in [6, 6.07) is 12.0. The minimum Gasteiger partial charge on any atom is -0.485 e. The number of rotatable bonds is 1. The molecule has 3 heteroatoms. The predicted octanol–water partition coefficient (Wildman–Crippen LogP) is 4.62. The molecule has 0 fully saturated rings. The van der Waals surface area contributed by atoms with Crippen molar-refractivity contribution in [2.75, 3.05) is 0 Å². The second kappa shape index (κ2) is 5.23. The molecule has 0 aromatic heterocycles. The first-order valence-corrected chi connectivity index (χ1v) is 7.56. The highest BCUT2D eigenvalue weighted by Gasteiger charge is 2.29. The van der Waals surface area contributed by atoms with Crippen LogP contribution in [0.15, 0.2) is 40.9 Å². The largest absolute Gasteiger partial charge is 0.485 e. The Morgan fingerprint density at radius 3 is 2.75 bits per heavy atom. The zero-order valence-corrected chi connectivity index (χ0v) is 13.1. The summed E-state index contributed by atoms with van der Waals surface area (Å²) in [4.78, 5) is 0. The van der Waals surface area contributed by atoms with E-state index in [1.807, 2.05) is 24.3 Å². The van der Waals surface area contributed by atoms with E-state index < -0.39 is 6.10 Å². The average molecular weight is 333 g/mol. The second-order valence-electron chi connectivity index (χ2n) is 5.33. The maximum atomic E-state index is 10.3. The Morgan fingerprint density at radius 2 is 1.95 bits per heavy atom. The average Bonchev–Trinajstić information content (AvgIpc) is 2.41. The van der Waals surface area contributed by atoms with Gasteiger partial charge in [-0.1, -0.05) is 40.2 Å². The summed E-state index contributed by atoms with van der Waals surface area (Å²) in [6.07, 6.45) is 0.0299. The molecule has 1 aliphatic heterocycles. The fraction of sp³-hybridized carbons (Fsp3) is 0.294. The van der Waals surface area contributed by atoms with Gasteiger partial charge in [0.05, 0.1) is 6.10 Å². The third-order valence-electron chi connectivity index (χ3n) is 4.03. The molecule has 0 aliphatic carbocycles. The summed E-state index contributed by atoms with van der Waals surface area (Å²) in [6.45, 7) is 4.21. The molecular formula is C17H17BrO2. The van der Waals surface area contributed by atoms with Gasteiger partial charge in [0.25, 0.3) is 0 Å². The molecule has 1 heterocycles. The van der Waals surface area contributed by atoms with Gasteiger partial charge in [-0.15, -0.1) is 0 Å². The minimum atomic E-state index is -0.475. The molecule has 2 aromatic carbocycles. The van der Waals surface area contributed by atoms with Gasteiger partial charge in [0, 0.05) is 16.5 Å². The van der Waals surface area contributed by atoms with Crippen molar-refractivity contribution in [2.24, 2.45) is 0 Å². The van der Waals surface area contributed by atoms with Crippen LogP contribution in [0.1, 0.15) is 40.9 Å². The van der Waals surface area contributed by atoms with Gasteiger partial charge in [0.2, 0.25) is 0 Å². The van der Waals surface area contributed by atoms with Crippen LogP contribution < -0.4 is 4.74 Å². The van der Waals surface area contributed by atoms with Crippen molar-refractivity contribution >= 4 is 15.9 Å². The summed E-state index contributed by atoms with van der Waals surface area (Å²) in [5.74, 6) is 0.768. The van der Waals surface area contributed by atoms with Crippen LogP contribution in [0.25, 0.3) is 0 Å². The lowest BCUT2D eigenvalue weighted by Gasteiger charge is -2.31. The molecule has 0 amide bonds. The van der Waals surface area contributed by atoms with E-state index in [1.54, 1.807) is 0 Å². The van der Waals surface area contributed by atoms with Crippen LogP contribution in [0.5, 0.6) is 5.75 Å². The number of ether oxygens (including phenoxy) is 1. The van der Waals surface area contributed by atoms with E-state index in [-0.39, 0.29) is 6.10 Å². The Labute approximate surface area is 127 Å². The molecule has 0 saturated carbocycles. The molecule has 2 atom stereocenters. The van der Waals surface area contributed by atoms with Crippen molar-refractivity contribution in [2.45, 2.75) is 32.5 Å². The van der Waals surface area contributed by atoms with E-state index in [0.29, 0.717) is 6.42 Å². The van der Waals surface area contributed by atoms with Crippen LogP contribution in [0.2, 0.25) is 0 Å². The highest BCUT2D eigenvalue weighted by atomic mass is 79.9. The number of halogens is 1. The normalized spacial score (nSPS) is 21.2. The van der Waals surface area contributed by atoms with Crippen LogP contribution in [-0.2, 0) is 0 Å². The highest BCUT2D eigenvalue weighted by Crippen LogP contribution is 2.42. The molecule has 2 unspecified atom stereocenters. The summed E-state index contributed by atoms with van der Waals surface area (Å²) in [7, 11) is 0. The third kappa shape index (κ3) is 2.36. The zero-order chi connectivity index (χ0) is 14.3. The Morgan fingerprint density at radius 1 is 1.15 bits per heavy atom. The molecule has 104 valence electrons. The SMILES string of the molecule is Cc1cccc(C2CC(O)c3ccc(Br)cc3O2)c1C. The number of fused-ring (bicyclic) bond motifs is 1. The molecule has 1 aliphatic rings. The van der Waals surface area contributed by atoms with E-state index in [2.05, 4.69) is 41.9 Å². The van der Waals surface area contributed by atoms with Gasteiger partial charge >= 0.3 is 0 Å². The van der Waals surface area contributed by atoms with Gasteiger partial charge in [0.1, 0.15) is 11.9 Å². The Bertz CT molecular complexity index is 651. The van der Waals surface area contributed by atoms with Crippen molar-refractivity contribution in [1.82, 2.24) is 0 Å². The van der Waals surface area contributed by atoms with Crippen LogP contribution in [0.3, 0.4) is 0 Å². The smallest absolute Gasteiger partial charge is 0.127 e. The monoisotopic (exact) mass is 332 g/mol. The maximum Gasteiger partial charge on any atom is 0.127 e. The fourth-order valence-electron chi connectivity index (χ4n) is 2.73. The predicted molar refractivity (Wildman–Crippen MR) is 83.0 cm³/mol. The number of aryl methyl sites for hydroxylation is 1. The molecule has 20 heavy (non-hydrogen) atoms. The molecule has 0 spiro atoms. The number of aliphatic hydroxyl groups excluding tert-OH is 1. The molecule has 0 radical (unpaired) electrons. The molecule has 1 N–H and O–H groups in total. The van der Waals surface area contributed by atoms with E-state index in [9.17, 15) is 5.11 Å². The van der Waals surface area contributed by atoms with Crippen LogP contribution >= 0.6 is 15.9 Å². The van der Waals surface area contributed by atoms with Gasteiger partial charge in [0.15, 0.2) is 0 Å². The van der Waals surface area contributed by atoms with E-state index in [4.69, 9.17) is 4.74 Å². The first kappa shape index (κ1) is 13.7. The lowest BCUT2D eigenvalue weighted by Crippen LogP contribution is -2.20. The van der Waals surface area contributed by atoms with Crippen LogP contribution in [-0.4, -0.2) is 5.11 Å². The molecule has 2 nitrogen and oxygen atoms in total. The van der Waals surface area contributed by atoms with Crippen molar-refractivity contribution in [3.63, 3.8) is 0 Å². The van der Waals surface area contributed by atoms with Crippen molar-refractivity contribution < 1.29 is 9.84 Å². The summed E-state index contributed by atoms with van der Waals surface area (Å²) in [5.41, 5.74) is 4.52. The number of benzene rings is 2. The molecular weight excluding hydrogens is 316 g/mol. The summed E-state index contributed by atoms with van der Waals surface area (Å²) in [5, 5.41) is 10.3. The number of hydrogen-bond acceptors (Lipinski definition) is 2. The standard InChI is InChI=1S/C17H17BrO2/c1-10-4-3-5-13(11(10)2)17-9-15(19)14-7-6-12(18)8-16(14)20-17/h3-8,15,17,19H,9H2,1-2H3. The minimum absolute atomic E-state index is 0.0910. The maximum absolute atomic E-state index is 10.3. The number of aliphatic hydroxyl groups is 1. The number of hydrogen-bond donors (Lipinski definition) is 1. The quantitative estimate of drug-likeness (QED) is 0.825. The Balaban J connectivity index is 2.00.